The summed E-state index contributed by atoms with van der Waals surface area (Å²) < 4.78 is 13.8. The molecule has 19 heavy (non-hydrogen) atoms. The Morgan fingerprint density at radius 1 is 1.26 bits per heavy atom. The molecule has 1 atom stereocenters. The summed E-state index contributed by atoms with van der Waals surface area (Å²) in [5.74, 6) is -0.252. The molecule has 0 saturated heterocycles. The first-order chi connectivity index (χ1) is 8.97. The van der Waals surface area contributed by atoms with Crippen LogP contribution in [0, 0.1) is 19.7 Å². The molecule has 1 aromatic heterocycles. The maximum absolute atomic E-state index is 13.0. The van der Waals surface area contributed by atoms with Crippen LogP contribution in [0.3, 0.4) is 0 Å². The van der Waals surface area contributed by atoms with Crippen molar-refractivity contribution in [3.8, 4) is 0 Å². The summed E-state index contributed by atoms with van der Waals surface area (Å²) in [7, 11) is 0. The summed E-state index contributed by atoms with van der Waals surface area (Å²) in [6.07, 6.45) is 0.645. The Balaban J connectivity index is 2.23. The fraction of sp³-hybridized carbons (Fsp3) is 0.267. The average molecular weight is 323 g/mol. The third kappa shape index (κ3) is 3.39. The highest BCUT2D eigenvalue weighted by atomic mass is 79.9. The Kier molecular flexibility index (Phi) is 4.32. The first-order valence-electron chi connectivity index (χ1n) is 6.11. The van der Waals surface area contributed by atoms with Crippen LogP contribution in [0.1, 0.15) is 28.6 Å². The lowest BCUT2D eigenvalue weighted by atomic mass is 9.98. The van der Waals surface area contributed by atoms with Gasteiger partial charge in [0.1, 0.15) is 5.82 Å². The molecule has 1 unspecified atom stereocenters. The van der Waals surface area contributed by atoms with Gasteiger partial charge in [-0.3, -0.25) is 4.98 Å². The lowest BCUT2D eigenvalue weighted by molar-refractivity contribution is 0.624. The molecule has 0 spiro atoms. The first kappa shape index (κ1) is 14.2. The Morgan fingerprint density at radius 2 is 2.00 bits per heavy atom. The van der Waals surface area contributed by atoms with Gasteiger partial charge in [0.15, 0.2) is 0 Å². The van der Waals surface area contributed by atoms with E-state index in [2.05, 4.69) is 20.9 Å². The van der Waals surface area contributed by atoms with Crippen LogP contribution in [0.2, 0.25) is 0 Å². The fourth-order valence-corrected chi connectivity index (χ4v) is 2.64. The normalized spacial score (nSPS) is 12.5. The third-order valence-corrected chi connectivity index (χ3v) is 3.86. The maximum Gasteiger partial charge on any atom is 0.124 e. The van der Waals surface area contributed by atoms with Crippen molar-refractivity contribution >= 4 is 15.9 Å². The zero-order chi connectivity index (χ0) is 14.0. The minimum absolute atomic E-state index is 0.144. The third-order valence-electron chi connectivity index (χ3n) is 3.12. The van der Waals surface area contributed by atoms with Gasteiger partial charge in [-0.05, 0) is 49.6 Å². The van der Waals surface area contributed by atoms with Gasteiger partial charge in [-0.15, -0.1) is 0 Å². The number of nitrogens with two attached hydrogens (primary N) is 1. The molecule has 0 aliphatic rings. The SMILES string of the molecule is Cc1ccc(C(N)Cc2ccc(F)cc2Br)c(C)n1. The maximum atomic E-state index is 13.0. The van der Waals surface area contributed by atoms with Gasteiger partial charge in [-0.1, -0.05) is 28.1 Å². The number of nitrogens with zero attached hydrogens (tertiary/aromatic N) is 1. The molecule has 0 amide bonds. The summed E-state index contributed by atoms with van der Waals surface area (Å²) in [6, 6.07) is 8.50. The van der Waals surface area contributed by atoms with Crippen LogP contribution < -0.4 is 5.73 Å². The largest absolute Gasteiger partial charge is 0.324 e. The topological polar surface area (TPSA) is 38.9 Å². The molecule has 0 fully saturated rings. The molecule has 1 aromatic carbocycles. The number of aromatic nitrogens is 1. The molecule has 2 rings (SSSR count). The van der Waals surface area contributed by atoms with Crippen LogP contribution in [-0.4, -0.2) is 4.98 Å². The number of benzene rings is 1. The number of pyridine rings is 1. The predicted molar refractivity (Wildman–Crippen MR) is 78.4 cm³/mol. The second-order valence-electron chi connectivity index (χ2n) is 4.67. The van der Waals surface area contributed by atoms with Crippen LogP contribution in [0.4, 0.5) is 4.39 Å². The van der Waals surface area contributed by atoms with E-state index in [9.17, 15) is 4.39 Å². The van der Waals surface area contributed by atoms with Crippen molar-refractivity contribution in [1.29, 1.82) is 0 Å². The first-order valence-corrected chi connectivity index (χ1v) is 6.90. The Bertz CT molecular complexity index is 599. The minimum atomic E-state index is -0.252. The monoisotopic (exact) mass is 322 g/mol. The van der Waals surface area contributed by atoms with E-state index < -0.39 is 0 Å². The van der Waals surface area contributed by atoms with Crippen molar-refractivity contribution in [2.75, 3.05) is 0 Å². The van der Waals surface area contributed by atoms with Gasteiger partial charge in [0, 0.05) is 21.9 Å². The number of hydrogen-bond donors (Lipinski definition) is 1. The van der Waals surface area contributed by atoms with E-state index in [1.54, 1.807) is 6.07 Å². The van der Waals surface area contributed by atoms with Gasteiger partial charge >= 0.3 is 0 Å². The van der Waals surface area contributed by atoms with Gasteiger partial charge in [0.05, 0.1) is 0 Å². The van der Waals surface area contributed by atoms with E-state index in [4.69, 9.17) is 5.73 Å². The Hall–Kier alpha value is -1.26. The Morgan fingerprint density at radius 3 is 2.63 bits per heavy atom. The lowest BCUT2D eigenvalue weighted by Gasteiger charge is -2.15. The molecule has 0 aliphatic carbocycles. The van der Waals surface area contributed by atoms with Gasteiger partial charge < -0.3 is 5.73 Å². The minimum Gasteiger partial charge on any atom is -0.324 e. The van der Waals surface area contributed by atoms with E-state index >= 15 is 0 Å². The zero-order valence-electron chi connectivity index (χ0n) is 11.0. The summed E-state index contributed by atoms with van der Waals surface area (Å²) in [5, 5.41) is 0. The van der Waals surface area contributed by atoms with Crippen molar-refractivity contribution < 1.29 is 4.39 Å². The fourth-order valence-electron chi connectivity index (χ4n) is 2.12. The van der Waals surface area contributed by atoms with Crippen molar-refractivity contribution in [1.82, 2.24) is 4.98 Å². The predicted octanol–water partition coefficient (Wildman–Crippen LogP) is 3.84. The smallest absolute Gasteiger partial charge is 0.124 e. The zero-order valence-corrected chi connectivity index (χ0v) is 12.5. The van der Waals surface area contributed by atoms with Gasteiger partial charge in [0.25, 0.3) is 0 Å². The van der Waals surface area contributed by atoms with E-state index in [1.807, 2.05) is 26.0 Å². The van der Waals surface area contributed by atoms with Crippen molar-refractivity contribution in [2.45, 2.75) is 26.3 Å². The highest BCUT2D eigenvalue weighted by Crippen LogP contribution is 2.24. The standard InChI is InChI=1S/C15H16BrFN2/c1-9-3-6-13(10(2)19-9)15(18)7-11-4-5-12(17)8-14(11)16/h3-6,8,15H,7,18H2,1-2H3. The molecule has 4 heteroatoms. The number of hydrogen-bond acceptors (Lipinski definition) is 2. The van der Waals surface area contributed by atoms with Crippen molar-refractivity contribution in [2.24, 2.45) is 5.73 Å². The number of rotatable bonds is 3. The van der Waals surface area contributed by atoms with E-state index in [1.165, 1.54) is 12.1 Å². The molecule has 0 bridgehead atoms. The summed E-state index contributed by atoms with van der Waals surface area (Å²) in [5.41, 5.74) is 10.2. The molecule has 0 saturated carbocycles. The van der Waals surface area contributed by atoms with Crippen LogP contribution in [-0.2, 0) is 6.42 Å². The number of halogens is 2. The molecule has 2 N–H and O–H groups in total. The molecule has 0 aliphatic heterocycles. The summed E-state index contributed by atoms with van der Waals surface area (Å²) in [6.45, 7) is 3.92. The number of aryl methyl sites for hydroxylation is 2. The molecule has 100 valence electrons. The van der Waals surface area contributed by atoms with Crippen LogP contribution >= 0.6 is 15.9 Å². The van der Waals surface area contributed by atoms with Crippen LogP contribution in [0.5, 0.6) is 0 Å². The van der Waals surface area contributed by atoms with E-state index in [0.29, 0.717) is 6.42 Å². The van der Waals surface area contributed by atoms with E-state index in [-0.39, 0.29) is 11.9 Å². The lowest BCUT2D eigenvalue weighted by Crippen LogP contribution is -2.15. The van der Waals surface area contributed by atoms with Gasteiger partial charge in [0.2, 0.25) is 0 Å². The molecule has 2 nitrogen and oxygen atoms in total. The van der Waals surface area contributed by atoms with Crippen molar-refractivity contribution in [3.05, 3.63) is 63.1 Å². The molecular weight excluding hydrogens is 307 g/mol. The van der Waals surface area contributed by atoms with Crippen molar-refractivity contribution in [3.63, 3.8) is 0 Å². The highest BCUT2D eigenvalue weighted by molar-refractivity contribution is 9.10. The average Bonchev–Trinajstić information content (AvgIpc) is 2.32. The quantitative estimate of drug-likeness (QED) is 0.932. The molecule has 1 heterocycles. The van der Waals surface area contributed by atoms with Gasteiger partial charge in [-0.25, -0.2) is 4.39 Å². The van der Waals surface area contributed by atoms with Crippen LogP contribution in [0.25, 0.3) is 0 Å². The van der Waals surface area contributed by atoms with Crippen LogP contribution in [0.15, 0.2) is 34.8 Å². The molecular formula is C15H16BrFN2. The molecule has 0 radical (unpaired) electrons. The second kappa shape index (κ2) is 5.80. The summed E-state index contributed by atoms with van der Waals surface area (Å²) >= 11 is 3.37. The second-order valence-corrected chi connectivity index (χ2v) is 5.53. The van der Waals surface area contributed by atoms with Gasteiger partial charge in [-0.2, -0.15) is 0 Å². The summed E-state index contributed by atoms with van der Waals surface area (Å²) in [4.78, 5) is 4.42. The molecule has 2 aromatic rings. The van der Waals surface area contributed by atoms with E-state index in [0.717, 1.165) is 27.0 Å². The Labute approximate surface area is 121 Å². The highest BCUT2D eigenvalue weighted by Gasteiger charge is 2.13.